The van der Waals surface area contributed by atoms with Crippen molar-refractivity contribution in [2.75, 3.05) is 0 Å². The molecule has 2 atom stereocenters. The summed E-state index contributed by atoms with van der Waals surface area (Å²) in [5, 5.41) is 37.9. The molecule has 7 nitrogen and oxygen atoms in total. The monoisotopic (exact) mass is 261 g/mol. The van der Waals surface area contributed by atoms with Crippen LogP contribution in [0.5, 0.6) is 0 Å². The maximum absolute atomic E-state index is 10.7. The SMILES string of the molecule is O=C(O)C(O)C(O)c1cc(Cl)ccc1[N+](=O)[O-]. The maximum Gasteiger partial charge on any atom is 0.335 e. The summed E-state index contributed by atoms with van der Waals surface area (Å²) in [7, 11) is 0. The predicted octanol–water partition coefficient (Wildman–Crippen LogP) is 0.727. The predicted molar refractivity (Wildman–Crippen MR) is 56.7 cm³/mol. The Morgan fingerprint density at radius 1 is 1.41 bits per heavy atom. The third-order valence-corrected chi connectivity index (χ3v) is 2.29. The number of carbonyl (C=O) groups is 1. The molecular weight excluding hydrogens is 254 g/mol. The number of carboxylic acid groups (broad SMARTS) is 1. The summed E-state index contributed by atoms with van der Waals surface area (Å²) in [4.78, 5) is 20.3. The summed E-state index contributed by atoms with van der Waals surface area (Å²) in [6.45, 7) is 0. The van der Waals surface area contributed by atoms with Crippen molar-refractivity contribution < 1.29 is 25.0 Å². The van der Waals surface area contributed by atoms with Crippen LogP contribution in [0, 0.1) is 10.1 Å². The number of nitrogens with zero attached hydrogens (tertiary/aromatic N) is 1. The molecule has 0 fully saturated rings. The summed E-state index contributed by atoms with van der Waals surface area (Å²) in [5.41, 5.74) is -0.861. The minimum absolute atomic E-state index is 0.0854. The van der Waals surface area contributed by atoms with Gasteiger partial charge in [-0.15, -0.1) is 0 Å². The van der Waals surface area contributed by atoms with Gasteiger partial charge >= 0.3 is 5.97 Å². The molecule has 1 rings (SSSR count). The molecule has 0 saturated heterocycles. The van der Waals surface area contributed by atoms with Gasteiger partial charge in [-0.05, 0) is 12.1 Å². The first-order chi connectivity index (χ1) is 7.84. The number of hydrogen-bond donors (Lipinski definition) is 3. The number of benzene rings is 1. The fraction of sp³-hybridized carbons (Fsp3) is 0.222. The molecule has 8 heteroatoms. The maximum atomic E-state index is 10.7. The molecule has 0 heterocycles. The Morgan fingerprint density at radius 2 is 2.00 bits per heavy atom. The highest BCUT2D eigenvalue weighted by Gasteiger charge is 2.30. The fourth-order valence-electron chi connectivity index (χ4n) is 1.23. The average Bonchev–Trinajstić information content (AvgIpc) is 2.26. The van der Waals surface area contributed by atoms with Gasteiger partial charge in [-0.25, -0.2) is 4.79 Å². The number of halogens is 1. The van der Waals surface area contributed by atoms with E-state index in [1.165, 1.54) is 6.07 Å². The summed E-state index contributed by atoms with van der Waals surface area (Å²) < 4.78 is 0. The highest BCUT2D eigenvalue weighted by molar-refractivity contribution is 6.30. The lowest BCUT2D eigenvalue weighted by Crippen LogP contribution is -2.27. The highest BCUT2D eigenvalue weighted by atomic mass is 35.5. The molecule has 0 bridgehead atoms. The Bertz CT molecular complexity index is 463. The Labute approximate surface area is 100 Å². The van der Waals surface area contributed by atoms with E-state index in [4.69, 9.17) is 21.8 Å². The fourth-order valence-corrected chi connectivity index (χ4v) is 1.41. The van der Waals surface area contributed by atoms with Gasteiger partial charge in [0.05, 0.1) is 10.5 Å². The van der Waals surface area contributed by atoms with E-state index in [9.17, 15) is 20.0 Å². The number of hydrogen-bond acceptors (Lipinski definition) is 5. The van der Waals surface area contributed by atoms with E-state index in [0.29, 0.717) is 0 Å². The molecule has 0 aliphatic heterocycles. The van der Waals surface area contributed by atoms with Crippen LogP contribution in [-0.2, 0) is 4.79 Å². The minimum atomic E-state index is -2.16. The molecule has 1 aromatic carbocycles. The normalized spacial score (nSPS) is 14.1. The smallest absolute Gasteiger partial charge is 0.335 e. The molecule has 0 spiro atoms. The summed E-state index contributed by atoms with van der Waals surface area (Å²) >= 11 is 5.59. The van der Waals surface area contributed by atoms with E-state index in [-0.39, 0.29) is 10.6 Å². The molecular formula is C9H8ClNO6. The van der Waals surface area contributed by atoms with E-state index in [0.717, 1.165) is 12.1 Å². The van der Waals surface area contributed by atoms with Gasteiger partial charge in [-0.1, -0.05) is 11.6 Å². The lowest BCUT2D eigenvalue weighted by atomic mass is 10.0. The van der Waals surface area contributed by atoms with Crippen molar-refractivity contribution in [1.29, 1.82) is 0 Å². The van der Waals surface area contributed by atoms with Crippen molar-refractivity contribution in [3.05, 3.63) is 38.9 Å². The van der Waals surface area contributed by atoms with Crippen LogP contribution in [0.4, 0.5) is 5.69 Å². The standard InChI is InChI=1S/C9H8ClNO6/c10-4-1-2-6(11(16)17)5(3-4)7(12)8(13)9(14)15/h1-3,7-8,12-13H,(H,14,15). The van der Waals surface area contributed by atoms with Gasteiger partial charge in [0, 0.05) is 11.1 Å². The molecule has 1 aromatic rings. The summed E-state index contributed by atoms with van der Waals surface area (Å²) in [6.07, 6.45) is -4.08. The third kappa shape index (κ3) is 2.90. The third-order valence-electron chi connectivity index (χ3n) is 2.06. The van der Waals surface area contributed by atoms with Crippen molar-refractivity contribution in [3.8, 4) is 0 Å². The zero-order valence-electron chi connectivity index (χ0n) is 8.28. The Kier molecular flexibility index (Phi) is 4.00. The van der Waals surface area contributed by atoms with Crippen LogP contribution in [0.1, 0.15) is 11.7 Å². The second-order valence-electron chi connectivity index (χ2n) is 3.19. The number of aliphatic carboxylic acids is 1. The molecule has 92 valence electrons. The number of aliphatic hydroxyl groups is 2. The lowest BCUT2D eigenvalue weighted by molar-refractivity contribution is -0.386. The molecule has 0 amide bonds. The van der Waals surface area contributed by atoms with Gasteiger partial charge in [-0.3, -0.25) is 10.1 Å². The van der Waals surface area contributed by atoms with Crippen molar-refractivity contribution in [2.45, 2.75) is 12.2 Å². The number of rotatable bonds is 4. The van der Waals surface area contributed by atoms with Gasteiger partial charge < -0.3 is 15.3 Å². The number of nitro benzene ring substituents is 1. The molecule has 0 aromatic heterocycles. The second-order valence-corrected chi connectivity index (χ2v) is 3.62. The summed E-state index contributed by atoms with van der Waals surface area (Å²) in [5.74, 6) is -1.69. The Morgan fingerprint density at radius 3 is 2.47 bits per heavy atom. The van der Waals surface area contributed by atoms with Crippen LogP contribution in [-0.4, -0.2) is 32.3 Å². The van der Waals surface area contributed by atoms with Gasteiger partial charge in [-0.2, -0.15) is 0 Å². The zero-order valence-corrected chi connectivity index (χ0v) is 9.03. The van der Waals surface area contributed by atoms with Crippen LogP contribution < -0.4 is 0 Å². The topological polar surface area (TPSA) is 121 Å². The first-order valence-electron chi connectivity index (χ1n) is 4.37. The van der Waals surface area contributed by atoms with Crippen molar-refractivity contribution in [1.82, 2.24) is 0 Å². The molecule has 0 aliphatic rings. The Hall–Kier alpha value is -1.70. The quantitative estimate of drug-likeness (QED) is 0.542. The molecule has 0 aliphatic carbocycles. The van der Waals surface area contributed by atoms with Gasteiger partial charge in [0.2, 0.25) is 0 Å². The highest BCUT2D eigenvalue weighted by Crippen LogP contribution is 2.30. The van der Waals surface area contributed by atoms with Crippen LogP contribution in [0.3, 0.4) is 0 Å². The van der Waals surface area contributed by atoms with E-state index < -0.39 is 28.8 Å². The van der Waals surface area contributed by atoms with Gasteiger partial charge in [0.15, 0.2) is 6.10 Å². The lowest BCUT2D eigenvalue weighted by Gasteiger charge is -2.14. The van der Waals surface area contributed by atoms with Crippen LogP contribution >= 0.6 is 11.6 Å². The average molecular weight is 262 g/mol. The molecule has 2 unspecified atom stereocenters. The van der Waals surface area contributed by atoms with Crippen LogP contribution in [0.25, 0.3) is 0 Å². The number of carboxylic acids is 1. The second kappa shape index (κ2) is 5.09. The summed E-state index contributed by atoms with van der Waals surface area (Å²) in [6, 6.07) is 3.29. The molecule has 0 radical (unpaired) electrons. The largest absolute Gasteiger partial charge is 0.479 e. The molecule has 3 N–H and O–H groups in total. The number of nitro groups is 1. The zero-order chi connectivity index (χ0) is 13.2. The van der Waals surface area contributed by atoms with Gasteiger partial charge in [0.25, 0.3) is 5.69 Å². The van der Waals surface area contributed by atoms with E-state index in [2.05, 4.69) is 0 Å². The van der Waals surface area contributed by atoms with E-state index >= 15 is 0 Å². The minimum Gasteiger partial charge on any atom is -0.479 e. The first kappa shape index (κ1) is 13.4. The van der Waals surface area contributed by atoms with Crippen molar-refractivity contribution in [2.24, 2.45) is 0 Å². The van der Waals surface area contributed by atoms with Crippen LogP contribution in [0.2, 0.25) is 5.02 Å². The van der Waals surface area contributed by atoms with Crippen molar-refractivity contribution >= 4 is 23.3 Å². The van der Waals surface area contributed by atoms with Gasteiger partial charge in [0.1, 0.15) is 6.10 Å². The van der Waals surface area contributed by atoms with E-state index in [1.54, 1.807) is 0 Å². The Balaban J connectivity index is 3.23. The van der Waals surface area contributed by atoms with E-state index in [1.807, 2.05) is 0 Å². The van der Waals surface area contributed by atoms with Crippen LogP contribution in [0.15, 0.2) is 18.2 Å². The van der Waals surface area contributed by atoms with Crippen molar-refractivity contribution in [3.63, 3.8) is 0 Å². The first-order valence-corrected chi connectivity index (χ1v) is 4.75. The molecule has 0 saturated carbocycles. The molecule has 17 heavy (non-hydrogen) atoms. The number of aliphatic hydroxyl groups excluding tert-OH is 2.